The Bertz CT molecular complexity index is 586. The van der Waals surface area contributed by atoms with E-state index in [2.05, 4.69) is 19.1 Å². The maximum Gasteiger partial charge on any atom is 0.347 e. The first kappa shape index (κ1) is 14.4. The van der Waals surface area contributed by atoms with Crippen LogP contribution in [0.5, 0.6) is 0 Å². The van der Waals surface area contributed by atoms with Gasteiger partial charge in [-0.1, -0.05) is 12.2 Å². The van der Waals surface area contributed by atoms with Gasteiger partial charge < -0.3 is 9.47 Å². The first-order chi connectivity index (χ1) is 10.2. The normalized spacial score (nSPS) is 48.6. The molecular formula is C18H24O4. The summed E-state index contributed by atoms with van der Waals surface area (Å²) in [4.78, 5) is 25.8. The summed E-state index contributed by atoms with van der Waals surface area (Å²) in [6.45, 7) is 7.58. The topological polar surface area (TPSA) is 52.6 Å². The summed E-state index contributed by atoms with van der Waals surface area (Å²) >= 11 is 0. The van der Waals surface area contributed by atoms with Crippen LogP contribution < -0.4 is 0 Å². The minimum Gasteiger partial charge on any atom is -0.457 e. The Labute approximate surface area is 131 Å². The summed E-state index contributed by atoms with van der Waals surface area (Å²) in [6, 6.07) is 0. The summed E-state index contributed by atoms with van der Waals surface area (Å²) in [5.74, 6) is 0.387. The predicted molar refractivity (Wildman–Crippen MR) is 80.0 cm³/mol. The average Bonchev–Trinajstić information content (AvgIpc) is 3.04. The van der Waals surface area contributed by atoms with Gasteiger partial charge >= 0.3 is 5.97 Å². The molecule has 1 saturated carbocycles. The summed E-state index contributed by atoms with van der Waals surface area (Å²) in [7, 11) is 0. The fraction of sp³-hybridized carbons (Fsp3) is 0.778. The van der Waals surface area contributed by atoms with E-state index in [0.717, 1.165) is 6.42 Å². The van der Waals surface area contributed by atoms with Crippen molar-refractivity contribution in [3.8, 4) is 0 Å². The van der Waals surface area contributed by atoms with Crippen molar-refractivity contribution >= 4 is 11.8 Å². The van der Waals surface area contributed by atoms with Crippen molar-refractivity contribution in [3.05, 3.63) is 12.2 Å². The number of ether oxygens (including phenoxy) is 2. The highest BCUT2D eigenvalue weighted by molar-refractivity contribution is 6.09. The highest BCUT2D eigenvalue weighted by Crippen LogP contribution is 2.66. The molecule has 4 rings (SSSR count). The maximum absolute atomic E-state index is 13.0. The van der Waals surface area contributed by atoms with Gasteiger partial charge in [0.1, 0.15) is 5.60 Å². The second-order valence-corrected chi connectivity index (χ2v) is 8.58. The van der Waals surface area contributed by atoms with Crippen molar-refractivity contribution in [3.63, 3.8) is 0 Å². The first-order valence-electron chi connectivity index (χ1n) is 8.33. The number of carbonyl (C=O) groups is 2. The van der Waals surface area contributed by atoms with Gasteiger partial charge in [0.2, 0.25) is 5.60 Å². The molecule has 0 aromatic heterocycles. The lowest BCUT2D eigenvalue weighted by atomic mass is 9.70. The largest absolute Gasteiger partial charge is 0.457 e. The summed E-state index contributed by atoms with van der Waals surface area (Å²) in [5.41, 5.74) is -2.36. The van der Waals surface area contributed by atoms with Crippen molar-refractivity contribution < 1.29 is 19.1 Å². The third-order valence-corrected chi connectivity index (χ3v) is 5.99. The number of Topliss-reactive ketones (excluding diaryl/α,β-unsaturated/α-hetero) is 1. The van der Waals surface area contributed by atoms with Crippen molar-refractivity contribution in [2.24, 2.45) is 23.7 Å². The van der Waals surface area contributed by atoms with Gasteiger partial charge in [0.15, 0.2) is 5.78 Å². The molecule has 4 bridgehead atoms. The van der Waals surface area contributed by atoms with Gasteiger partial charge in [-0.2, -0.15) is 0 Å². The molecule has 3 fully saturated rings. The number of allylic oxidation sites excluding steroid dienone is 2. The molecule has 0 amide bonds. The second-order valence-electron chi connectivity index (χ2n) is 8.58. The van der Waals surface area contributed by atoms with E-state index < -0.39 is 17.2 Å². The molecule has 4 heteroatoms. The lowest BCUT2D eigenvalue weighted by molar-refractivity contribution is -0.204. The Morgan fingerprint density at radius 2 is 1.91 bits per heavy atom. The van der Waals surface area contributed by atoms with E-state index in [1.807, 2.05) is 20.8 Å². The average molecular weight is 304 g/mol. The first-order valence-corrected chi connectivity index (χ1v) is 8.33. The number of fused-ring (bicyclic) bond motifs is 9. The van der Waals surface area contributed by atoms with Crippen molar-refractivity contribution in [2.45, 2.75) is 63.8 Å². The molecule has 22 heavy (non-hydrogen) atoms. The van der Waals surface area contributed by atoms with Crippen LogP contribution in [0, 0.1) is 23.7 Å². The summed E-state index contributed by atoms with van der Waals surface area (Å²) < 4.78 is 11.9. The zero-order chi connectivity index (χ0) is 15.9. The van der Waals surface area contributed by atoms with Crippen LogP contribution in [0.15, 0.2) is 12.2 Å². The number of hydrogen-bond acceptors (Lipinski definition) is 4. The minimum absolute atomic E-state index is 0.0441. The van der Waals surface area contributed by atoms with E-state index >= 15 is 0 Å². The molecule has 2 aliphatic carbocycles. The molecule has 0 aromatic rings. The van der Waals surface area contributed by atoms with Crippen LogP contribution in [-0.4, -0.2) is 28.6 Å². The molecule has 2 saturated heterocycles. The maximum atomic E-state index is 13.0. The molecule has 4 nitrogen and oxygen atoms in total. The van der Waals surface area contributed by atoms with Crippen LogP contribution in [0.25, 0.3) is 0 Å². The quantitative estimate of drug-likeness (QED) is 0.424. The van der Waals surface area contributed by atoms with E-state index in [9.17, 15) is 9.59 Å². The molecule has 120 valence electrons. The van der Waals surface area contributed by atoms with E-state index in [0.29, 0.717) is 18.8 Å². The molecule has 0 radical (unpaired) electrons. The SMILES string of the molecule is CC(C)(C)OC(=O)[C@]12O[C@](C)(CCC1=O)[C@@H]1[C@H]2[C@H]2C=C[C@@H]1C2. The summed E-state index contributed by atoms with van der Waals surface area (Å²) in [6.07, 6.45) is 6.62. The smallest absolute Gasteiger partial charge is 0.347 e. The number of hydrogen-bond donors (Lipinski definition) is 0. The second kappa shape index (κ2) is 4.02. The molecule has 2 heterocycles. The van der Waals surface area contributed by atoms with Crippen LogP contribution in [0.4, 0.5) is 0 Å². The van der Waals surface area contributed by atoms with Gasteiger partial charge in [0.05, 0.1) is 5.60 Å². The standard InChI is InChI=1S/C18H24O4/c1-16(2,3)21-15(20)18-12(19)7-8-17(4,22-18)13-10-5-6-11(9-10)14(13)18/h5-6,10-11,13-14H,7-9H2,1-4H3/t10-,11+,13+,14-,17-,18+/m1/s1. The fourth-order valence-electron chi connectivity index (χ4n) is 5.37. The zero-order valence-electron chi connectivity index (χ0n) is 13.7. The third-order valence-electron chi connectivity index (χ3n) is 5.99. The molecule has 4 aliphatic rings. The monoisotopic (exact) mass is 304 g/mol. The number of ketones is 1. The van der Waals surface area contributed by atoms with Gasteiger partial charge in [-0.3, -0.25) is 4.79 Å². The van der Waals surface area contributed by atoms with Crippen LogP contribution in [-0.2, 0) is 19.1 Å². The van der Waals surface area contributed by atoms with Gasteiger partial charge in [0, 0.05) is 18.3 Å². The molecule has 0 N–H and O–H groups in total. The van der Waals surface area contributed by atoms with Gasteiger partial charge in [-0.25, -0.2) is 4.79 Å². The van der Waals surface area contributed by atoms with E-state index in [1.165, 1.54) is 0 Å². The Morgan fingerprint density at radius 1 is 1.27 bits per heavy atom. The van der Waals surface area contributed by atoms with Crippen LogP contribution in [0.3, 0.4) is 0 Å². The number of carbonyl (C=O) groups excluding carboxylic acids is 2. The van der Waals surface area contributed by atoms with E-state index in [4.69, 9.17) is 9.47 Å². The predicted octanol–water partition coefficient (Wildman–Crippen LogP) is 2.66. The van der Waals surface area contributed by atoms with Crippen LogP contribution >= 0.6 is 0 Å². The van der Waals surface area contributed by atoms with Gasteiger partial charge in [-0.05, 0) is 52.4 Å². The minimum atomic E-state index is -1.37. The van der Waals surface area contributed by atoms with E-state index in [-0.39, 0.29) is 29.1 Å². The molecule has 6 atom stereocenters. The Morgan fingerprint density at radius 3 is 2.55 bits per heavy atom. The van der Waals surface area contributed by atoms with Gasteiger partial charge in [0.25, 0.3) is 0 Å². The van der Waals surface area contributed by atoms with Crippen LogP contribution in [0.1, 0.15) is 47.0 Å². The zero-order valence-corrected chi connectivity index (χ0v) is 13.7. The van der Waals surface area contributed by atoms with E-state index in [1.54, 1.807) is 0 Å². The summed E-state index contributed by atoms with van der Waals surface area (Å²) in [5, 5.41) is 0. The Kier molecular flexibility index (Phi) is 2.64. The van der Waals surface area contributed by atoms with Crippen molar-refractivity contribution in [1.82, 2.24) is 0 Å². The molecular weight excluding hydrogens is 280 g/mol. The van der Waals surface area contributed by atoms with Crippen LogP contribution in [0.2, 0.25) is 0 Å². The number of rotatable bonds is 1. The number of esters is 1. The lowest BCUT2D eigenvalue weighted by Crippen LogP contribution is -2.57. The highest BCUT2D eigenvalue weighted by Gasteiger charge is 2.75. The molecule has 0 aromatic carbocycles. The fourth-order valence-corrected chi connectivity index (χ4v) is 5.37. The molecule has 0 spiro atoms. The molecule has 2 aliphatic heterocycles. The van der Waals surface area contributed by atoms with Crippen molar-refractivity contribution in [1.29, 1.82) is 0 Å². The Hall–Kier alpha value is -1.16. The van der Waals surface area contributed by atoms with Gasteiger partial charge in [-0.15, -0.1) is 0 Å². The Balaban J connectivity index is 1.80. The highest BCUT2D eigenvalue weighted by atomic mass is 16.6. The third kappa shape index (κ3) is 1.62. The lowest BCUT2D eigenvalue weighted by Gasteiger charge is -2.39. The van der Waals surface area contributed by atoms with Crippen molar-refractivity contribution in [2.75, 3.05) is 0 Å². The molecule has 0 unspecified atom stereocenters.